The Hall–Kier alpha value is -4.15. The van der Waals surface area contributed by atoms with Gasteiger partial charge in [-0.2, -0.15) is 0 Å². The lowest BCUT2D eigenvalue weighted by molar-refractivity contribution is -0.133. The highest BCUT2D eigenvalue weighted by molar-refractivity contribution is 6.31. The van der Waals surface area contributed by atoms with Gasteiger partial charge < -0.3 is 30.5 Å². The van der Waals surface area contributed by atoms with E-state index in [1.54, 1.807) is 43.3 Å². The van der Waals surface area contributed by atoms with Gasteiger partial charge >= 0.3 is 11.9 Å². The largest absolute Gasteiger partial charge is 0.478 e. The predicted molar refractivity (Wildman–Crippen MR) is 135 cm³/mol. The summed E-state index contributed by atoms with van der Waals surface area (Å²) in [5, 5.41) is 25.2. The fourth-order valence-corrected chi connectivity index (χ4v) is 4.24. The summed E-state index contributed by atoms with van der Waals surface area (Å²) >= 11 is 6.27. The number of hydrogen-bond acceptors (Lipinski definition) is 6. The summed E-state index contributed by atoms with van der Waals surface area (Å²) in [4.78, 5) is 50.2. The van der Waals surface area contributed by atoms with Crippen LogP contribution in [0.15, 0.2) is 71.6 Å². The van der Waals surface area contributed by atoms with Crippen molar-refractivity contribution in [3.63, 3.8) is 0 Å². The van der Waals surface area contributed by atoms with Gasteiger partial charge in [0.2, 0.25) is 0 Å². The van der Waals surface area contributed by atoms with E-state index in [4.69, 9.17) is 16.3 Å². The van der Waals surface area contributed by atoms with Crippen molar-refractivity contribution >= 4 is 35.4 Å². The number of amides is 2. The molecule has 1 heterocycles. The summed E-state index contributed by atoms with van der Waals surface area (Å²) in [6, 6.07) is 12.9. The summed E-state index contributed by atoms with van der Waals surface area (Å²) in [5.41, 5.74) is 0.816. The van der Waals surface area contributed by atoms with Gasteiger partial charge in [-0.3, -0.25) is 9.59 Å². The van der Waals surface area contributed by atoms with Crippen LogP contribution in [-0.2, 0) is 14.3 Å². The molecule has 0 saturated heterocycles. The minimum Gasteiger partial charge on any atom is -0.478 e. The fourth-order valence-electron chi connectivity index (χ4n) is 3.99. The van der Waals surface area contributed by atoms with Gasteiger partial charge in [-0.1, -0.05) is 41.9 Å². The smallest absolute Gasteiger partial charge is 0.334 e. The maximum Gasteiger partial charge on any atom is 0.334 e. The van der Waals surface area contributed by atoms with Gasteiger partial charge in [0.15, 0.2) is 0 Å². The van der Waals surface area contributed by atoms with Crippen LogP contribution in [0.1, 0.15) is 39.1 Å². The zero-order valence-electron chi connectivity index (χ0n) is 20.2. The highest BCUT2D eigenvalue weighted by Crippen LogP contribution is 2.41. The number of ether oxygens (including phenoxy) is 1. The molecule has 1 aliphatic rings. The van der Waals surface area contributed by atoms with Crippen LogP contribution in [0.25, 0.3) is 0 Å². The first-order chi connectivity index (χ1) is 17.7. The summed E-state index contributed by atoms with van der Waals surface area (Å²) in [6.07, 6.45) is 1.33. The Morgan fingerprint density at radius 3 is 2.19 bits per heavy atom. The van der Waals surface area contributed by atoms with E-state index in [-0.39, 0.29) is 53.1 Å². The maximum atomic E-state index is 12.5. The molecule has 0 aliphatic carbocycles. The number of nitrogens with one attached hydrogen (secondary N) is 2. The Morgan fingerprint density at radius 2 is 1.59 bits per heavy atom. The number of nitrogens with zero attached hydrogens (tertiary/aromatic N) is 1. The molecule has 1 aliphatic heterocycles. The second-order valence-electron chi connectivity index (χ2n) is 8.04. The third-order valence-electron chi connectivity index (χ3n) is 5.81. The van der Waals surface area contributed by atoms with Crippen molar-refractivity contribution in [3.05, 3.63) is 93.3 Å². The second kappa shape index (κ2) is 12.2. The van der Waals surface area contributed by atoms with Gasteiger partial charge in [-0.25, -0.2) is 9.59 Å². The summed E-state index contributed by atoms with van der Waals surface area (Å²) in [5.74, 6) is -4.48. The molecule has 0 bridgehead atoms. The van der Waals surface area contributed by atoms with Crippen LogP contribution in [0.5, 0.6) is 0 Å². The standard InChI is InChI=1S/C26H26ClN3O7/c1-15-21(26(35)36)22(18-9-5-6-10-20(18)27)19(25(33)34)13-30(15)14-37-12-11-29-24(32)17-8-4-3-7-16(17)23(31)28-2/h3-10,13,22H,11-12,14H2,1-2H3,(H,28,31)(H,29,32)(H,33,34)(H,35,36). The number of carbonyl (C=O) groups excluding carboxylic acids is 2. The monoisotopic (exact) mass is 527 g/mol. The van der Waals surface area contributed by atoms with Crippen LogP contribution in [0.4, 0.5) is 0 Å². The molecular weight excluding hydrogens is 502 g/mol. The highest BCUT2D eigenvalue weighted by atomic mass is 35.5. The lowest BCUT2D eigenvalue weighted by Gasteiger charge is -2.33. The van der Waals surface area contributed by atoms with Crippen LogP contribution < -0.4 is 10.6 Å². The van der Waals surface area contributed by atoms with Gasteiger partial charge in [0.25, 0.3) is 11.8 Å². The Morgan fingerprint density at radius 1 is 0.973 bits per heavy atom. The number of benzene rings is 2. The van der Waals surface area contributed by atoms with Gasteiger partial charge in [-0.15, -0.1) is 0 Å². The Bertz CT molecular complexity index is 1290. The normalized spacial score (nSPS) is 15.2. The van der Waals surface area contributed by atoms with E-state index in [1.165, 1.54) is 30.3 Å². The average molecular weight is 528 g/mol. The molecule has 10 nitrogen and oxygen atoms in total. The summed E-state index contributed by atoms with van der Waals surface area (Å²) in [6.45, 7) is 1.55. The molecule has 11 heteroatoms. The summed E-state index contributed by atoms with van der Waals surface area (Å²) in [7, 11) is 1.47. The Labute approximate surface area is 218 Å². The van der Waals surface area contributed by atoms with E-state index in [2.05, 4.69) is 10.6 Å². The molecule has 0 aromatic heterocycles. The zero-order valence-corrected chi connectivity index (χ0v) is 20.9. The SMILES string of the molecule is CNC(=O)c1ccccc1C(=O)NCCOCN1C=C(C(=O)O)C(c2ccccc2Cl)C(C(=O)O)=C1C. The third kappa shape index (κ3) is 6.16. The molecule has 37 heavy (non-hydrogen) atoms. The molecule has 2 amide bonds. The predicted octanol–water partition coefficient (Wildman–Crippen LogP) is 2.83. The van der Waals surface area contributed by atoms with Gasteiger partial charge in [0.1, 0.15) is 6.73 Å². The number of rotatable bonds is 10. The van der Waals surface area contributed by atoms with E-state index in [9.17, 15) is 29.4 Å². The number of hydrogen-bond donors (Lipinski definition) is 4. The molecular formula is C26H26ClN3O7. The van der Waals surface area contributed by atoms with Crippen molar-refractivity contribution < 1.29 is 34.1 Å². The van der Waals surface area contributed by atoms with Gasteiger partial charge in [-0.05, 0) is 30.7 Å². The highest BCUT2D eigenvalue weighted by Gasteiger charge is 2.37. The Kier molecular flexibility index (Phi) is 9.05. The lowest BCUT2D eigenvalue weighted by atomic mass is 9.81. The maximum absolute atomic E-state index is 12.5. The third-order valence-corrected chi connectivity index (χ3v) is 6.16. The van der Waals surface area contributed by atoms with Crippen LogP contribution in [0.3, 0.4) is 0 Å². The van der Waals surface area contributed by atoms with Crippen LogP contribution in [0.2, 0.25) is 5.02 Å². The van der Waals surface area contributed by atoms with E-state index in [0.717, 1.165) is 0 Å². The van der Waals surface area contributed by atoms with Crippen molar-refractivity contribution in [2.45, 2.75) is 12.8 Å². The van der Waals surface area contributed by atoms with E-state index in [0.29, 0.717) is 11.3 Å². The number of halogens is 1. The number of carboxylic acids is 2. The van der Waals surface area contributed by atoms with E-state index in [1.807, 2.05) is 0 Å². The van der Waals surface area contributed by atoms with Crippen molar-refractivity contribution in [2.24, 2.45) is 0 Å². The average Bonchev–Trinajstić information content (AvgIpc) is 2.88. The topological polar surface area (TPSA) is 145 Å². The van der Waals surface area contributed by atoms with Crippen LogP contribution >= 0.6 is 11.6 Å². The molecule has 0 saturated carbocycles. The van der Waals surface area contributed by atoms with Crippen molar-refractivity contribution in [3.8, 4) is 0 Å². The number of carboxylic acid groups (broad SMARTS) is 2. The van der Waals surface area contributed by atoms with Crippen LogP contribution in [0, 0.1) is 0 Å². The molecule has 1 unspecified atom stereocenters. The molecule has 2 aromatic carbocycles. The van der Waals surface area contributed by atoms with Crippen molar-refractivity contribution in [2.75, 3.05) is 26.9 Å². The first-order valence-electron chi connectivity index (χ1n) is 11.2. The molecule has 4 N–H and O–H groups in total. The van der Waals surface area contributed by atoms with Gasteiger partial charge in [0, 0.05) is 30.5 Å². The lowest BCUT2D eigenvalue weighted by Crippen LogP contribution is -2.34. The quantitative estimate of drug-likeness (QED) is 0.345. The molecule has 0 radical (unpaired) electrons. The van der Waals surface area contributed by atoms with Crippen molar-refractivity contribution in [1.82, 2.24) is 15.5 Å². The molecule has 0 fully saturated rings. The van der Waals surface area contributed by atoms with Crippen molar-refractivity contribution in [1.29, 1.82) is 0 Å². The first kappa shape index (κ1) is 27.4. The summed E-state index contributed by atoms with van der Waals surface area (Å²) < 4.78 is 5.59. The van der Waals surface area contributed by atoms with E-state index < -0.39 is 23.8 Å². The van der Waals surface area contributed by atoms with E-state index >= 15 is 0 Å². The molecule has 0 spiro atoms. The molecule has 194 valence electrons. The van der Waals surface area contributed by atoms with Crippen LogP contribution in [-0.4, -0.2) is 65.8 Å². The number of aliphatic carboxylic acids is 2. The first-order valence-corrected chi connectivity index (χ1v) is 11.6. The minimum atomic E-state index is -1.29. The molecule has 3 rings (SSSR count). The fraction of sp³-hybridized carbons (Fsp3) is 0.231. The second-order valence-corrected chi connectivity index (χ2v) is 8.44. The number of carbonyl (C=O) groups is 4. The number of allylic oxidation sites excluding steroid dienone is 1. The Balaban J connectivity index is 1.70. The molecule has 1 atom stereocenters. The zero-order chi connectivity index (χ0) is 27.1. The van der Waals surface area contributed by atoms with Gasteiger partial charge in [0.05, 0.1) is 34.8 Å². The minimum absolute atomic E-state index is 0.0459. The molecule has 2 aromatic rings.